The van der Waals surface area contributed by atoms with Gasteiger partial charge < -0.3 is 20.3 Å². The Morgan fingerprint density at radius 3 is 2.30 bits per heavy atom. The lowest BCUT2D eigenvalue weighted by atomic mass is 9.91. The van der Waals surface area contributed by atoms with E-state index in [1.165, 1.54) is 12.8 Å². The minimum absolute atomic E-state index is 0.296. The van der Waals surface area contributed by atoms with Gasteiger partial charge in [0.25, 0.3) is 0 Å². The van der Waals surface area contributed by atoms with Crippen molar-refractivity contribution >= 4 is 15.9 Å². The lowest BCUT2D eigenvalue weighted by Crippen LogP contribution is -2.32. The van der Waals surface area contributed by atoms with Gasteiger partial charge in [0.05, 0.1) is 26.4 Å². The van der Waals surface area contributed by atoms with Crippen molar-refractivity contribution in [3.8, 4) is 11.5 Å². The molecule has 1 aliphatic rings. The Hall–Kier alpha value is -0.780. The number of nitrogens with two attached hydrogens (primary N) is 1. The monoisotopic (exact) mass is 343 g/mol. The number of benzene rings is 1. The van der Waals surface area contributed by atoms with Crippen molar-refractivity contribution in [3.63, 3.8) is 0 Å². The molecular formula is C15H22BrNO3. The average Bonchev–Trinajstić information content (AvgIpc) is 2.99. The van der Waals surface area contributed by atoms with E-state index in [-0.39, 0.29) is 0 Å². The molecule has 0 bridgehead atoms. The van der Waals surface area contributed by atoms with Gasteiger partial charge in [-0.3, -0.25) is 0 Å². The number of hydrogen-bond acceptors (Lipinski definition) is 4. The zero-order chi connectivity index (χ0) is 14.7. The fourth-order valence-electron chi connectivity index (χ4n) is 2.90. The zero-order valence-corrected chi connectivity index (χ0v) is 13.5. The van der Waals surface area contributed by atoms with Crippen LogP contribution in [0.25, 0.3) is 0 Å². The summed E-state index contributed by atoms with van der Waals surface area (Å²) in [7, 11) is 3.19. The smallest absolute Gasteiger partial charge is 0.161 e. The van der Waals surface area contributed by atoms with Gasteiger partial charge in [-0.15, -0.1) is 0 Å². The van der Waals surface area contributed by atoms with Crippen molar-refractivity contribution in [3.05, 3.63) is 22.2 Å². The van der Waals surface area contributed by atoms with Gasteiger partial charge in [-0.2, -0.15) is 0 Å². The van der Waals surface area contributed by atoms with Crippen molar-refractivity contribution in [1.29, 1.82) is 0 Å². The zero-order valence-electron chi connectivity index (χ0n) is 11.9. The third kappa shape index (κ3) is 3.10. The quantitative estimate of drug-likeness (QED) is 0.862. The van der Waals surface area contributed by atoms with Crippen LogP contribution in [-0.4, -0.2) is 25.4 Å². The predicted octanol–water partition coefficient (Wildman–Crippen LogP) is 3.02. The van der Waals surface area contributed by atoms with Crippen molar-refractivity contribution in [2.75, 3.05) is 14.2 Å². The maximum Gasteiger partial charge on any atom is 0.161 e. The lowest BCUT2D eigenvalue weighted by Gasteiger charge is -2.26. The first-order valence-electron chi connectivity index (χ1n) is 6.93. The maximum absolute atomic E-state index is 10.5. The van der Waals surface area contributed by atoms with Gasteiger partial charge in [0.1, 0.15) is 0 Å². The maximum atomic E-state index is 10.5. The highest BCUT2D eigenvalue weighted by Crippen LogP contribution is 2.39. The average molecular weight is 344 g/mol. The van der Waals surface area contributed by atoms with Gasteiger partial charge in [0.15, 0.2) is 11.5 Å². The first-order valence-corrected chi connectivity index (χ1v) is 7.72. The van der Waals surface area contributed by atoms with E-state index in [1.807, 2.05) is 12.1 Å². The van der Waals surface area contributed by atoms with Crippen LogP contribution in [0.15, 0.2) is 16.6 Å². The largest absolute Gasteiger partial charge is 0.493 e. The van der Waals surface area contributed by atoms with Crippen molar-refractivity contribution in [2.45, 2.75) is 37.8 Å². The van der Waals surface area contributed by atoms with Crippen LogP contribution in [0, 0.1) is 5.92 Å². The van der Waals surface area contributed by atoms with Crippen LogP contribution < -0.4 is 15.2 Å². The van der Waals surface area contributed by atoms with Crippen LogP contribution in [0.1, 0.15) is 37.3 Å². The summed E-state index contributed by atoms with van der Waals surface area (Å²) < 4.78 is 11.4. The minimum Gasteiger partial charge on any atom is -0.493 e. The number of aliphatic hydroxyl groups is 1. The van der Waals surface area contributed by atoms with Crippen molar-refractivity contribution in [1.82, 2.24) is 0 Å². The molecule has 0 spiro atoms. The molecule has 112 valence electrons. The van der Waals surface area contributed by atoms with E-state index in [4.69, 9.17) is 15.2 Å². The molecule has 1 aliphatic carbocycles. The molecule has 0 heterocycles. The van der Waals surface area contributed by atoms with E-state index in [0.717, 1.165) is 22.9 Å². The summed E-state index contributed by atoms with van der Waals surface area (Å²) in [5.41, 5.74) is 7.11. The third-order valence-electron chi connectivity index (χ3n) is 4.11. The molecule has 3 N–H and O–H groups in total. The molecule has 1 aromatic carbocycles. The molecule has 0 saturated heterocycles. The van der Waals surface area contributed by atoms with E-state index < -0.39 is 12.1 Å². The fourth-order valence-corrected chi connectivity index (χ4v) is 3.49. The summed E-state index contributed by atoms with van der Waals surface area (Å²) in [6.07, 6.45) is 3.95. The molecule has 1 aromatic rings. The second-order valence-electron chi connectivity index (χ2n) is 5.29. The minimum atomic E-state index is -0.521. The van der Waals surface area contributed by atoms with Gasteiger partial charge in [-0.05, 0) is 36.5 Å². The Bertz CT molecular complexity index is 461. The van der Waals surface area contributed by atoms with Crippen LogP contribution in [0.2, 0.25) is 0 Å². The Kier molecular flexibility index (Phi) is 5.29. The van der Waals surface area contributed by atoms with Crippen LogP contribution in [0.4, 0.5) is 0 Å². The van der Waals surface area contributed by atoms with Gasteiger partial charge in [-0.25, -0.2) is 0 Å². The molecule has 0 amide bonds. The highest BCUT2D eigenvalue weighted by atomic mass is 79.9. The van der Waals surface area contributed by atoms with Crippen LogP contribution in [0.5, 0.6) is 11.5 Å². The molecule has 1 saturated carbocycles. The SMILES string of the molecule is COc1cc(Br)c([C@H](N)[C@H](O)C2CCCC2)cc1OC. The van der Waals surface area contributed by atoms with Crippen molar-refractivity contribution < 1.29 is 14.6 Å². The Balaban J connectivity index is 2.26. The summed E-state index contributed by atoms with van der Waals surface area (Å²) in [6, 6.07) is 3.24. The summed E-state index contributed by atoms with van der Waals surface area (Å²) in [5.74, 6) is 1.57. The molecule has 0 aromatic heterocycles. The Morgan fingerprint density at radius 1 is 1.20 bits per heavy atom. The lowest BCUT2D eigenvalue weighted by molar-refractivity contribution is 0.0842. The van der Waals surface area contributed by atoms with E-state index in [1.54, 1.807) is 14.2 Å². The standard InChI is InChI=1S/C15H22BrNO3/c1-19-12-7-10(11(16)8-13(12)20-2)14(17)15(18)9-5-3-4-6-9/h7-9,14-15,18H,3-6,17H2,1-2H3/t14-,15+/m0/s1. The molecule has 0 aliphatic heterocycles. The molecule has 5 heteroatoms. The summed E-state index contributed by atoms with van der Waals surface area (Å²) >= 11 is 3.50. The van der Waals surface area contributed by atoms with Gasteiger partial charge in [0, 0.05) is 4.47 Å². The number of ether oxygens (including phenoxy) is 2. The molecule has 0 unspecified atom stereocenters. The highest BCUT2D eigenvalue weighted by molar-refractivity contribution is 9.10. The Labute approximate surface area is 128 Å². The van der Waals surface area contributed by atoms with E-state index >= 15 is 0 Å². The Morgan fingerprint density at radius 2 is 1.75 bits per heavy atom. The summed E-state index contributed by atoms with van der Waals surface area (Å²) in [4.78, 5) is 0. The van der Waals surface area contributed by atoms with Crippen molar-refractivity contribution in [2.24, 2.45) is 11.7 Å². The highest BCUT2D eigenvalue weighted by Gasteiger charge is 2.30. The summed E-state index contributed by atoms with van der Waals surface area (Å²) in [6.45, 7) is 0. The molecule has 0 radical (unpaired) electrons. The fraction of sp³-hybridized carbons (Fsp3) is 0.600. The van der Waals surface area contributed by atoms with Gasteiger partial charge >= 0.3 is 0 Å². The normalized spacial score (nSPS) is 18.9. The number of aliphatic hydroxyl groups excluding tert-OH is 1. The first kappa shape index (κ1) is 15.6. The van der Waals surface area contributed by atoms with Crippen LogP contribution in [0.3, 0.4) is 0 Å². The second kappa shape index (κ2) is 6.78. The van der Waals surface area contributed by atoms with Gasteiger partial charge in [-0.1, -0.05) is 28.8 Å². The van der Waals surface area contributed by atoms with Crippen LogP contribution in [-0.2, 0) is 0 Å². The number of halogens is 1. The number of methoxy groups -OCH3 is 2. The third-order valence-corrected chi connectivity index (χ3v) is 4.80. The van der Waals surface area contributed by atoms with E-state index in [2.05, 4.69) is 15.9 Å². The molecule has 20 heavy (non-hydrogen) atoms. The first-order chi connectivity index (χ1) is 9.58. The number of hydrogen-bond donors (Lipinski definition) is 2. The molecule has 4 nitrogen and oxygen atoms in total. The topological polar surface area (TPSA) is 64.7 Å². The molecule has 1 fully saturated rings. The molecular weight excluding hydrogens is 322 g/mol. The second-order valence-corrected chi connectivity index (χ2v) is 6.14. The van der Waals surface area contributed by atoms with E-state index in [9.17, 15) is 5.11 Å². The number of rotatable bonds is 5. The predicted molar refractivity (Wildman–Crippen MR) is 82.1 cm³/mol. The van der Waals surface area contributed by atoms with Crippen LogP contribution >= 0.6 is 15.9 Å². The van der Waals surface area contributed by atoms with E-state index in [0.29, 0.717) is 17.4 Å². The summed E-state index contributed by atoms with van der Waals surface area (Å²) in [5, 5.41) is 10.5. The van der Waals surface area contributed by atoms with Gasteiger partial charge in [0.2, 0.25) is 0 Å². The molecule has 2 rings (SSSR count). The molecule has 2 atom stereocenters.